The molecular formula is C36H42N4O3. The van der Waals surface area contributed by atoms with Crippen LogP contribution in [-0.2, 0) is 0 Å². The molecule has 0 heterocycles. The number of rotatable bonds is 18. The van der Waals surface area contributed by atoms with E-state index in [2.05, 4.69) is 20.9 Å². The number of carbonyl (C=O) groups excluding carboxylic acids is 3. The molecule has 0 aromatic heterocycles. The monoisotopic (exact) mass is 578 g/mol. The maximum atomic E-state index is 12.5. The van der Waals surface area contributed by atoms with Crippen LogP contribution >= 0.6 is 0 Å². The van der Waals surface area contributed by atoms with E-state index in [1.165, 1.54) is 0 Å². The average molecular weight is 579 g/mol. The van der Waals surface area contributed by atoms with Crippen LogP contribution in [0.1, 0.15) is 51.8 Å². The molecule has 0 bridgehead atoms. The molecule has 7 heteroatoms. The third kappa shape index (κ3) is 12.3. The van der Waals surface area contributed by atoms with E-state index in [0.717, 1.165) is 36.7 Å². The Morgan fingerprint density at radius 2 is 0.744 bits per heavy atom. The molecule has 0 saturated heterocycles. The summed E-state index contributed by atoms with van der Waals surface area (Å²) in [7, 11) is 0. The normalized spacial score (nSPS) is 12.1. The lowest BCUT2D eigenvalue weighted by atomic mass is 10.1. The molecule has 0 fully saturated rings. The first-order valence-corrected chi connectivity index (χ1v) is 14.6. The SMILES string of the molecule is C/C(=C\C(=O)c1ccccc1)NCCN(CCN/C(C)=C/C(=O)c1ccccc1)CCN/C(C)=C/C(=O)c1ccccc1. The summed E-state index contributed by atoms with van der Waals surface area (Å²) in [4.78, 5) is 39.8. The molecule has 0 aliphatic heterocycles. The second kappa shape index (κ2) is 17.9. The lowest BCUT2D eigenvalue weighted by molar-refractivity contribution is 0.103. The van der Waals surface area contributed by atoms with Crippen LogP contribution in [0.25, 0.3) is 0 Å². The summed E-state index contributed by atoms with van der Waals surface area (Å²) in [5.41, 5.74) is 4.40. The molecule has 0 amide bonds. The average Bonchev–Trinajstić information content (AvgIpc) is 3.02. The predicted molar refractivity (Wildman–Crippen MR) is 174 cm³/mol. The third-order valence-corrected chi connectivity index (χ3v) is 6.71. The first-order chi connectivity index (χ1) is 20.8. The first kappa shape index (κ1) is 32.8. The first-order valence-electron chi connectivity index (χ1n) is 14.6. The molecule has 0 unspecified atom stereocenters. The Kier molecular flexibility index (Phi) is 13.7. The fourth-order valence-electron chi connectivity index (χ4n) is 4.37. The van der Waals surface area contributed by atoms with Crippen LogP contribution < -0.4 is 16.0 Å². The third-order valence-electron chi connectivity index (χ3n) is 6.71. The Morgan fingerprint density at radius 1 is 0.488 bits per heavy atom. The largest absolute Gasteiger partial charge is 0.387 e. The molecule has 3 rings (SSSR count). The van der Waals surface area contributed by atoms with Crippen LogP contribution in [0, 0.1) is 0 Å². The van der Waals surface area contributed by atoms with Gasteiger partial charge in [0.1, 0.15) is 0 Å². The number of nitrogens with zero attached hydrogens (tertiary/aromatic N) is 1. The summed E-state index contributed by atoms with van der Waals surface area (Å²) in [5, 5.41) is 10.0. The van der Waals surface area contributed by atoms with Crippen LogP contribution in [0.3, 0.4) is 0 Å². The van der Waals surface area contributed by atoms with Crippen molar-refractivity contribution < 1.29 is 14.4 Å². The molecule has 224 valence electrons. The van der Waals surface area contributed by atoms with Gasteiger partial charge < -0.3 is 16.0 Å². The molecule has 3 aromatic rings. The minimum absolute atomic E-state index is 0.0320. The van der Waals surface area contributed by atoms with Gasteiger partial charge in [0.25, 0.3) is 0 Å². The molecule has 7 nitrogen and oxygen atoms in total. The van der Waals surface area contributed by atoms with Crippen molar-refractivity contribution >= 4 is 17.3 Å². The van der Waals surface area contributed by atoms with E-state index in [1.54, 1.807) is 18.2 Å². The smallest absolute Gasteiger partial charge is 0.187 e. The fraction of sp³-hybridized carbons (Fsp3) is 0.250. The van der Waals surface area contributed by atoms with E-state index in [4.69, 9.17) is 0 Å². The quantitative estimate of drug-likeness (QED) is 0.137. The van der Waals surface area contributed by atoms with Crippen molar-refractivity contribution in [2.75, 3.05) is 39.3 Å². The van der Waals surface area contributed by atoms with E-state index in [9.17, 15) is 14.4 Å². The highest BCUT2D eigenvalue weighted by Gasteiger charge is 2.08. The lowest BCUT2D eigenvalue weighted by Crippen LogP contribution is -2.40. The minimum Gasteiger partial charge on any atom is -0.387 e. The highest BCUT2D eigenvalue weighted by molar-refractivity contribution is 6.05. The van der Waals surface area contributed by atoms with Crippen molar-refractivity contribution in [3.8, 4) is 0 Å². The van der Waals surface area contributed by atoms with Crippen LogP contribution in [0.2, 0.25) is 0 Å². The van der Waals surface area contributed by atoms with Gasteiger partial charge in [0.15, 0.2) is 17.3 Å². The Hall–Kier alpha value is -4.75. The van der Waals surface area contributed by atoms with Crippen molar-refractivity contribution in [3.63, 3.8) is 0 Å². The van der Waals surface area contributed by atoms with E-state index >= 15 is 0 Å². The van der Waals surface area contributed by atoms with Gasteiger partial charge in [-0.25, -0.2) is 0 Å². The topological polar surface area (TPSA) is 90.5 Å². The van der Waals surface area contributed by atoms with Gasteiger partial charge in [-0.3, -0.25) is 19.3 Å². The van der Waals surface area contributed by atoms with Gasteiger partial charge in [-0.15, -0.1) is 0 Å². The van der Waals surface area contributed by atoms with Crippen molar-refractivity contribution in [1.82, 2.24) is 20.9 Å². The van der Waals surface area contributed by atoms with E-state index < -0.39 is 0 Å². The number of nitrogens with one attached hydrogen (secondary N) is 3. The number of benzene rings is 3. The maximum Gasteiger partial charge on any atom is 0.187 e. The zero-order valence-electron chi connectivity index (χ0n) is 25.3. The number of allylic oxidation sites excluding steroid dienone is 6. The molecule has 3 aromatic carbocycles. The molecule has 0 aliphatic rings. The molecule has 0 spiro atoms. The second-order valence-corrected chi connectivity index (χ2v) is 10.3. The molecule has 0 saturated carbocycles. The Labute approximate surface area is 255 Å². The van der Waals surface area contributed by atoms with Gasteiger partial charge in [0.05, 0.1) is 0 Å². The Bertz CT molecular complexity index is 1240. The summed E-state index contributed by atoms with van der Waals surface area (Å²) < 4.78 is 0. The van der Waals surface area contributed by atoms with Gasteiger partial charge in [0.2, 0.25) is 0 Å². The molecular weight excluding hydrogens is 536 g/mol. The predicted octanol–water partition coefficient (Wildman–Crippen LogP) is 5.42. The summed E-state index contributed by atoms with van der Waals surface area (Å²) in [6.45, 7) is 9.88. The minimum atomic E-state index is -0.0320. The summed E-state index contributed by atoms with van der Waals surface area (Å²) in [5.74, 6) is -0.0959. The maximum absolute atomic E-state index is 12.5. The summed E-state index contributed by atoms with van der Waals surface area (Å²) >= 11 is 0. The summed E-state index contributed by atoms with van der Waals surface area (Å²) in [6.07, 6.45) is 4.87. The zero-order valence-corrected chi connectivity index (χ0v) is 25.3. The molecule has 0 radical (unpaired) electrons. The molecule has 3 N–H and O–H groups in total. The Balaban J connectivity index is 1.53. The Morgan fingerprint density at radius 3 is 1.00 bits per heavy atom. The van der Waals surface area contributed by atoms with Crippen molar-refractivity contribution in [3.05, 3.63) is 143 Å². The van der Waals surface area contributed by atoms with E-state index in [1.807, 2.05) is 112 Å². The fourth-order valence-corrected chi connectivity index (χ4v) is 4.37. The number of hydrogen-bond acceptors (Lipinski definition) is 7. The highest BCUT2D eigenvalue weighted by Crippen LogP contribution is 2.05. The van der Waals surface area contributed by atoms with Gasteiger partial charge in [-0.1, -0.05) is 91.0 Å². The van der Waals surface area contributed by atoms with Crippen molar-refractivity contribution in [2.24, 2.45) is 0 Å². The number of carbonyl (C=O) groups is 3. The van der Waals surface area contributed by atoms with Gasteiger partial charge in [0, 0.05) is 91.3 Å². The van der Waals surface area contributed by atoms with Crippen LogP contribution in [0.4, 0.5) is 0 Å². The van der Waals surface area contributed by atoms with Gasteiger partial charge >= 0.3 is 0 Å². The van der Waals surface area contributed by atoms with E-state index in [0.29, 0.717) is 36.3 Å². The second-order valence-electron chi connectivity index (χ2n) is 10.3. The van der Waals surface area contributed by atoms with Crippen LogP contribution in [0.15, 0.2) is 126 Å². The van der Waals surface area contributed by atoms with Gasteiger partial charge in [-0.2, -0.15) is 0 Å². The summed E-state index contributed by atoms with van der Waals surface area (Å²) in [6, 6.07) is 27.6. The zero-order chi connectivity index (χ0) is 30.9. The van der Waals surface area contributed by atoms with Crippen LogP contribution in [-0.4, -0.2) is 61.5 Å². The van der Waals surface area contributed by atoms with Crippen molar-refractivity contribution in [2.45, 2.75) is 20.8 Å². The van der Waals surface area contributed by atoms with Crippen LogP contribution in [0.5, 0.6) is 0 Å². The van der Waals surface area contributed by atoms with Gasteiger partial charge in [-0.05, 0) is 20.8 Å². The van der Waals surface area contributed by atoms with E-state index in [-0.39, 0.29) is 17.3 Å². The number of ketones is 3. The standard InChI is InChI=1S/C36H42N4O3/c1-28(25-34(41)31-13-7-4-8-14-31)37-19-22-40(23-20-38-29(2)26-35(42)32-15-9-5-10-16-32)24-21-39-30(3)27-36(43)33-17-11-6-12-18-33/h4-18,25-27,37-39H,19-24H2,1-3H3/b28-25+,29-26+,30-27+. The van der Waals surface area contributed by atoms with Crippen molar-refractivity contribution in [1.29, 1.82) is 0 Å². The highest BCUT2D eigenvalue weighted by atomic mass is 16.1. The lowest BCUT2D eigenvalue weighted by Gasteiger charge is -2.24. The number of hydrogen-bond donors (Lipinski definition) is 3. The molecule has 0 atom stereocenters. The molecule has 0 aliphatic carbocycles. The molecule has 43 heavy (non-hydrogen) atoms.